The summed E-state index contributed by atoms with van der Waals surface area (Å²) in [4.78, 5) is 6.84. The van der Waals surface area contributed by atoms with E-state index in [4.69, 9.17) is 4.74 Å². The summed E-state index contributed by atoms with van der Waals surface area (Å²) in [6.45, 7) is 4.71. The van der Waals surface area contributed by atoms with Gasteiger partial charge in [0.1, 0.15) is 0 Å². The number of nitrogens with zero attached hydrogens (tertiary/aromatic N) is 2. The Bertz CT molecular complexity index is 365. The van der Waals surface area contributed by atoms with Crippen LogP contribution in [0.3, 0.4) is 0 Å². The van der Waals surface area contributed by atoms with Gasteiger partial charge in [-0.25, -0.2) is 4.98 Å². The number of aryl methyl sites for hydroxylation is 1. The Morgan fingerprint density at radius 1 is 1.61 bits per heavy atom. The molecule has 4 nitrogen and oxygen atoms in total. The lowest BCUT2D eigenvalue weighted by atomic mass is 10.2. The first-order chi connectivity index (χ1) is 8.69. The van der Waals surface area contributed by atoms with Crippen molar-refractivity contribution in [1.82, 2.24) is 15.2 Å². The predicted octanol–water partition coefficient (Wildman–Crippen LogP) is 1.65. The highest BCUT2D eigenvalue weighted by molar-refractivity contribution is 7.09. The largest absolute Gasteiger partial charge is 0.383 e. The molecule has 1 heterocycles. The number of nitrogens with one attached hydrogen (secondary N) is 1. The van der Waals surface area contributed by atoms with Crippen LogP contribution in [0.25, 0.3) is 0 Å². The lowest BCUT2D eigenvalue weighted by Crippen LogP contribution is -2.43. The standard InChI is InChI=1S/C13H23N3OS/c1-10-15-12(9-18-10)7-16(2)13(8-17-3)6-14-11-4-5-11/h9,11,13-14H,4-8H2,1-3H3. The van der Waals surface area contributed by atoms with Gasteiger partial charge in [-0.15, -0.1) is 11.3 Å². The van der Waals surface area contributed by atoms with Gasteiger partial charge in [0.15, 0.2) is 0 Å². The number of methoxy groups -OCH3 is 1. The first-order valence-electron chi connectivity index (χ1n) is 6.52. The second-order valence-electron chi connectivity index (χ2n) is 5.06. The molecule has 102 valence electrons. The van der Waals surface area contributed by atoms with Crippen molar-refractivity contribution in [2.45, 2.75) is 38.4 Å². The summed E-state index contributed by atoms with van der Waals surface area (Å²) in [7, 11) is 3.91. The zero-order chi connectivity index (χ0) is 13.0. The minimum absolute atomic E-state index is 0.414. The Balaban J connectivity index is 1.83. The number of aromatic nitrogens is 1. The summed E-state index contributed by atoms with van der Waals surface area (Å²) in [6.07, 6.45) is 2.66. The Hall–Kier alpha value is -0.490. The molecule has 1 atom stereocenters. The van der Waals surface area contributed by atoms with Crippen LogP contribution >= 0.6 is 11.3 Å². The van der Waals surface area contributed by atoms with Gasteiger partial charge in [0.25, 0.3) is 0 Å². The fraction of sp³-hybridized carbons (Fsp3) is 0.769. The summed E-state index contributed by atoms with van der Waals surface area (Å²) < 4.78 is 5.32. The van der Waals surface area contributed by atoms with E-state index >= 15 is 0 Å². The molecule has 1 aromatic heterocycles. The van der Waals surface area contributed by atoms with Gasteiger partial charge in [-0.1, -0.05) is 0 Å². The van der Waals surface area contributed by atoms with Gasteiger partial charge in [-0.3, -0.25) is 4.90 Å². The summed E-state index contributed by atoms with van der Waals surface area (Å²) in [5, 5.41) is 6.85. The molecular weight excluding hydrogens is 246 g/mol. The van der Waals surface area contributed by atoms with Gasteiger partial charge in [0.2, 0.25) is 0 Å². The molecule has 1 saturated carbocycles. The van der Waals surface area contributed by atoms with E-state index in [9.17, 15) is 0 Å². The van der Waals surface area contributed by atoms with E-state index in [0.29, 0.717) is 6.04 Å². The van der Waals surface area contributed by atoms with Crippen molar-refractivity contribution in [3.63, 3.8) is 0 Å². The molecule has 1 N–H and O–H groups in total. The number of ether oxygens (including phenoxy) is 1. The Labute approximate surface area is 113 Å². The lowest BCUT2D eigenvalue weighted by Gasteiger charge is -2.27. The highest BCUT2D eigenvalue weighted by Gasteiger charge is 2.23. The fourth-order valence-corrected chi connectivity index (χ4v) is 2.59. The zero-order valence-electron chi connectivity index (χ0n) is 11.5. The molecule has 0 bridgehead atoms. The monoisotopic (exact) mass is 269 g/mol. The van der Waals surface area contributed by atoms with Crippen LogP contribution in [0.5, 0.6) is 0 Å². The Morgan fingerprint density at radius 3 is 2.94 bits per heavy atom. The van der Waals surface area contributed by atoms with Gasteiger partial charge >= 0.3 is 0 Å². The molecular formula is C13H23N3OS. The van der Waals surface area contributed by atoms with Crippen LogP contribution in [0.1, 0.15) is 23.5 Å². The van der Waals surface area contributed by atoms with E-state index in [1.54, 1.807) is 18.4 Å². The van der Waals surface area contributed by atoms with Crippen molar-refractivity contribution in [1.29, 1.82) is 0 Å². The van der Waals surface area contributed by atoms with Gasteiger partial charge < -0.3 is 10.1 Å². The van der Waals surface area contributed by atoms with Crippen LogP contribution in [0.2, 0.25) is 0 Å². The first-order valence-corrected chi connectivity index (χ1v) is 7.40. The van der Waals surface area contributed by atoms with Crippen LogP contribution in [0, 0.1) is 6.92 Å². The number of thiazole rings is 1. The summed E-state index contributed by atoms with van der Waals surface area (Å²) >= 11 is 1.72. The predicted molar refractivity (Wildman–Crippen MR) is 75.0 cm³/mol. The molecule has 0 radical (unpaired) electrons. The highest BCUT2D eigenvalue weighted by atomic mass is 32.1. The number of rotatable bonds is 8. The normalized spacial score (nSPS) is 17.3. The third-order valence-electron chi connectivity index (χ3n) is 3.28. The van der Waals surface area contributed by atoms with Crippen molar-refractivity contribution in [2.24, 2.45) is 0 Å². The summed E-state index contributed by atoms with van der Waals surface area (Å²) in [5.41, 5.74) is 1.16. The molecule has 0 aliphatic heterocycles. The van der Waals surface area contributed by atoms with E-state index in [2.05, 4.69) is 34.6 Å². The summed E-state index contributed by atoms with van der Waals surface area (Å²) in [5.74, 6) is 0. The molecule has 0 aromatic carbocycles. The van der Waals surface area contributed by atoms with Crippen LogP contribution in [-0.4, -0.2) is 49.3 Å². The van der Waals surface area contributed by atoms with E-state index < -0.39 is 0 Å². The Morgan fingerprint density at radius 2 is 2.39 bits per heavy atom. The molecule has 2 rings (SSSR count). The molecule has 0 saturated heterocycles. The summed E-state index contributed by atoms with van der Waals surface area (Å²) in [6, 6.07) is 1.16. The maximum Gasteiger partial charge on any atom is 0.0897 e. The molecule has 1 aliphatic rings. The van der Waals surface area contributed by atoms with Crippen molar-refractivity contribution in [2.75, 3.05) is 27.3 Å². The van der Waals surface area contributed by atoms with E-state index in [-0.39, 0.29) is 0 Å². The molecule has 1 unspecified atom stereocenters. The van der Waals surface area contributed by atoms with E-state index in [0.717, 1.165) is 36.4 Å². The van der Waals surface area contributed by atoms with Gasteiger partial charge in [0.05, 0.1) is 17.3 Å². The Kier molecular flexibility index (Phi) is 5.12. The molecule has 5 heteroatoms. The van der Waals surface area contributed by atoms with Crippen LogP contribution in [0.15, 0.2) is 5.38 Å². The van der Waals surface area contributed by atoms with Crippen molar-refractivity contribution in [3.05, 3.63) is 16.1 Å². The van der Waals surface area contributed by atoms with Crippen LogP contribution < -0.4 is 5.32 Å². The van der Waals surface area contributed by atoms with Crippen molar-refractivity contribution < 1.29 is 4.74 Å². The SMILES string of the molecule is COCC(CNC1CC1)N(C)Cc1csc(C)n1. The average molecular weight is 269 g/mol. The maximum atomic E-state index is 5.32. The van der Waals surface area contributed by atoms with E-state index in [1.807, 2.05) is 0 Å². The second-order valence-corrected chi connectivity index (χ2v) is 6.13. The van der Waals surface area contributed by atoms with Crippen molar-refractivity contribution in [3.8, 4) is 0 Å². The number of hydrogen-bond acceptors (Lipinski definition) is 5. The highest BCUT2D eigenvalue weighted by Crippen LogP contribution is 2.19. The number of likely N-dealkylation sites (N-methyl/N-ethyl adjacent to an activating group) is 1. The minimum Gasteiger partial charge on any atom is -0.383 e. The second kappa shape index (κ2) is 6.61. The maximum absolute atomic E-state index is 5.32. The average Bonchev–Trinajstić information content (AvgIpc) is 3.08. The third-order valence-corrected chi connectivity index (χ3v) is 4.10. The minimum atomic E-state index is 0.414. The topological polar surface area (TPSA) is 37.4 Å². The fourth-order valence-electron chi connectivity index (χ4n) is 1.99. The van der Waals surface area contributed by atoms with Crippen LogP contribution in [0.4, 0.5) is 0 Å². The van der Waals surface area contributed by atoms with Gasteiger partial charge in [-0.05, 0) is 26.8 Å². The van der Waals surface area contributed by atoms with Gasteiger partial charge in [0, 0.05) is 37.7 Å². The quantitative estimate of drug-likeness (QED) is 0.779. The smallest absolute Gasteiger partial charge is 0.0897 e. The lowest BCUT2D eigenvalue weighted by molar-refractivity contribution is 0.100. The van der Waals surface area contributed by atoms with Crippen LogP contribution in [-0.2, 0) is 11.3 Å². The van der Waals surface area contributed by atoms with E-state index in [1.165, 1.54) is 12.8 Å². The zero-order valence-corrected chi connectivity index (χ0v) is 12.3. The first kappa shape index (κ1) is 13.9. The molecule has 0 amide bonds. The molecule has 1 fully saturated rings. The molecule has 18 heavy (non-hydrogen) atoms. The molecule has 1 aromatic rings. The molecule has 0 spiro atoms. The third kappa shape index (κ3) is 4.31. The van der Waals surface area contributed by atoms with Crippen molar-refractivity contribution >= 4 is 11.3 Å². The number of hydrogen-bond donors (Lipinski definition) is 1. The molecule has 1 aliphatic carbocycles. The van der Waals surface area contributed by atoms with Gasteiger partial charge in [-0.2, -0.15) is 0 Å².